The molecule has 2 saturated heterocycles. The van der Waals surface area contributed by atoms with E-state index in [2.05, 4.69) is 4.98 Å². The van der Waals surface area contributed by atoms with Crippen LogP contribution in [0.25, 0.3) is 0 Å². The summed E-state index contributed by atoms with van der Waals surface area (Å²) < 4.78 is 17.4. The molecule has 0 radical (unpaired) electrons. The molecule has 12 heteroatoms. The summed E-state index contributed by atoms with van der Waals surface area (Å²) in [6, 6.07) is 2.97. The summed E-state index contributed by atoms with van der Waals surface area (Å²) in [5.41, 5.74) is -16.9. The Balaban J connectivity index is 1.70. The Kier molecular flexibility index (Phi) is 4.55. The number of hydrogen-bond acceptors (Lipinski definition) is 11. The smallest absolute Gasteiger partial charge is 0.355 e. The quantitative estimate of drug-likeness (QED) is 0.267. The molecule has 1 spiro atoms. The molecule has 6 bridgehead atoms. The van der Waals surface area contributed by atoms with Gasteiger partial charge in [0.15, 0.2) is 29.4 Å². The van der Waals surface area contributed by atoms with E-state index >= 15 is 0 Å². The summed E-state index contributed by atoms with van der Waals surface area (Å²) in [6.45, 7) is 6.84. The third-order valence-corrected chi connectivity index (χ3v) is 11.1. The predicted octanol–water partition coefficient (Wildman–Crippen LogP) is -0.684. The van der Waals surface area contributed by atoms with Crippen molar-refractivity contribution in [1.82, 2.24) is 4.98 Å². The van der Waals surface area contributed by atoms with Crippen LogP contribution in [0.5, 0.6) is 0 Å². The first-order valence-electron chi connectivity index (χ1n) is 12.8. The third kappa shape index (κ3) is 1.98. The molecule has 0 aromatic carbocycles. The average Bonchev–Trinajstić information content (AvgIpc) is 3.45. The summed E-state index contributed by atoms with van der Waals surface area (Å²) in [6.07, 6.45) is -3.44. The van der Waals surface area contributed by atoms with E-state index < -0.39 is 86.9 Å². The molecule has 7 rings (SSSR count). The molecule has 6 fully saturated rings. The van der Waals surface area contributed by atoms with Crippen LogP contribution in [0.4, 0.5) is 0 Å². The van der Waals surface area contributed by atoms with Gasteiger partial charge in [0, 0.05) is 31.4 Å². The molecule has 38 heavy (non-hydrogen) atoms. The van der Waals surface area contributed by atoms with E-state index in [9.17, 15) is 39.9 Å². The fraction of sp³-hybridized carbons (Fsp3) is 0.731. The van der Waals surface area contributed by atoms with E-state index in [0.717, 1.165) is 6.92 Å². The minimum Gasteiger partial charge on any atom is -0.451 e. The summed E-state index contributed by atoms with van der Waals surface area (Å²) in [4.78, 5) is 41.4. The number of H-pyrrole nitrogens is 1. The molecule has 4 saturated carbocycles. The van der Waals surface area contributed by atoms with Crippen LogP contribution in [0.15, 0.2) is 18.3 Å². The van der Waals surface area contributed by atoms with Gasteiger partial charge in [-0.05, 0) is 31.4 Å². The number of rotatable bonds is 4. The highest BCUT2D eigenvalue weighted by Gasteiger charge is 3.10. The van der Waals surface area contributed by atoms with E-state index in [1.165, 1.54) is 26.1 Å². The minimum atomic E-state index is -2.85. The molecular weight excluding hydrogens is 502 g/mol. The van der Waals surface area contributed by atoms with Gasteiger partial charge in [0.1, 0.15) is 28.1 Å². The van der Waals surface area contributed by atoms with Crippen LogP contribution in [-0.2, 0) is 23.8 Å². The predicted molar refractivity (Wildman–Crippen MR) is 124 cm³/mol. The van der Waals surface area contributed by atoms with Gasteiger partial charge in [0.25, 0.3) is 0 Å². The number of hydrogen-bond donors (Lipinski definition) is 6. The van der Waals surface area contributed by atoms with Gasteiger partial charge in [-0.2, -0.15) is 0 Å². The molecule has 4 aliphatic carbocycles. The van der Waals surface area contributed by atoms with Crippen LogP contribution in [0.1, 0.15) is 64.4 Å². The Hall–Kier alpha value is -2.35. The van der Waals surface area contributed by atoms with Crippen LogP contribution in [-0.4, -0.2) is 94.2 Å². The van der Waals surface area contributed by atoms with Gasteiger partial charge in [-0.3, -0.25) is 9.59 Å². The molecule has 3 heterocycles. The van der Waals surface area contributed by atoms with E-state index in [1.807, 2.05) is 0 Å². The van der Waals surface area contributed by atoms with Crippen molar-refractivity contribution in [2.24, 2.45) is 16.7 Å². The van der Waals surface area contributed by atoms with Crippen molar-refractivity contribution in [3.05, 3.63) is 24.0 Å². The minimum absolute atomic E-state index is 0.00169. The van der Waals surface area contributed by atoms with Crippen LogP contribution < -0.4 is 0 Å². The maximum Gasteiger partial charge on any atom is 0.355 e. The van der Waals surface area contributed by atoms with Crippen LogP contribution in [0, 0.1) is 16.7 Å². The second-order valence-electron chi connectivity index (χ2n) is 12.4. The normalized spacial score (nSPS) is 53.9. The molecule has 12 nitrogen and oxygen atoms in total. The first-order valence-corrected chi connectivity index (χ1v) is 12.8. The zero-order chi connectivity index (χ0) is 28.1. The van der Waals surface area contributed by atoms with Crippen molar-refractivity contribution >= 4 is 17.7 Å². The lowest BCUT2D eigenvalue weighted by atomic mass is 9.52. The van der Waals surface area contributed by atoms with E-state index in [1.54, 1.807) is 19.9 Å². The first-order chi connectivity index (χ1) is 17.4. The van der Waals surface area contributed by atoms with Crippen molar-refractivity contribution in [3.63, 3.8) is 0 Å². The van der Waals surface area contributed by atoms with E-state index in [-0.39, 0.29) is 18.5 Å². The number of carbonyl (C=O) groups is 3. The van der Waals surface area contributed by atoms with Gasteiger partial charge >= 0.3 is 11.9 Å². The number of ether oxygens (including phenoxy) is 3. The standard InChI is InChI=1S/C26H33NO11/c1-12(2)23(33)18(37-17(30)14-7-6-10-27-14)24(34)19(4)11-22(32)20(23,5)26(24,35)25(38-22)16(36-13(3)28)15(29)8-9-21(19,25)31/h6-7,10,12,16,18,27,31-35H,8-9,11H2,1-5H3/t16-,18-,19+,20-,21+,22+,23-,24-,25-,26-/m1/s1. The van der Waals surface area contributed by atoms with Gasteiger partial charge in [-0.25, -0.2) is 4.79 Å². The van der Waals surface area contributed by atoms with Crippen LogP contribution in [0.3, 0.4) is 0 Å². The van der Waals surface area contributed by atoms with Gasteiger partial charge in [0.2, 0.25) is 0 Å². The number of nitrogens with one attached hydrogen (secondary N) is 1. The van der Waals surface area contributed by atoms with E-state index in [0.29, 0.717) is 0 Å². The lowest BCUT2D eigenvalue weighted by molar-refractivity contribution is -0.382. The molecule has 1 aromatic heterocycles. The Labute approximate surface area is 217 Å². The molecule has 6 aliphatic rings. The Bertz CT molecular complexity index is 1280. The van der Waals surface area contributed by atoms with Gasteiger partial charge < -0.3 is 44.7 Å². The first kappa shape index (κ1) is 25.9. The molecule has 6 N–H and O–H groups in total. The lowest BCUT2D eigenvalue weighted by Gasteiger charge is -2.59. The van der Waals surface area contributed by atoms with Gasteiger partial charge in [0.05, 0.1) is 5.41 Å². The highest BCUT2D eigenvalue weighted by Crippen LogP contribution is 2.90. The highest BCUT2D eigenvalue weighted by atomic mass is 16.7. The average molecular weight is 536 g/mol. The lowest BCUT2D eigenvalue weighted by Crippen LogP contribution is -2.76. The number of Topliss-reactive ketones (excluding diaryl/α,β-unsaturated/α-hetero) is 1. The fourth-order valence-electron chi connectivity index (χ4n) is 9.49. The number of aliphatic hydroxyl groups is 5. The molecule has 2 aliphatic heterocycles. The SMILES string of the molecule is CC(=O)O[C@@H]1C(=O)CC[C@]2(O)[C@]3(C)C[C@]4(O)O[C@]12[C@]1(O)[C@@]3(O)[C@H](OC(=O)c2ccc[nH]2)[C@](O)(C(C)C)[C@]14C. The Morgan fingerprint density at radius 3 is 2.34 bits per heavy atom. The second kappa shape index (κ2) is 6.68. The number of aromatic amines is 1. The van der Waals surface area contributed by atoms with Crippen LogP contribution >= 0.6 is 0 Å². The van der Waals surface area contributed by atoms with Gasteiger partial charge in [-0.1, -0.05) is 20.8 Å². The zero-order valence-electron chi connectivity index (χ0n) is 21.8. The van der Waals surface area contributed by atoms with Crippen molar-refractivity contribution in [1.29, 1.82) is 0 Å². The molecule has 0 unspecified atom stereocenters. The summed E-state index contributed by atoms with van der Waals surface area (Å²) in [5, 5.41) is 62.9. The molecule has 0 amide bonds. The summed E-state index contributed by atoms with van der Waals surface area (Å²) in [5.74, 6) is -5.90. The van der Waals surface area contributed by atoms with Gasteiger partial charge in [-0.15, -0.1) is 0 Å². The van der Waals surface area contributed by atoms with Crippen molar-refractivity contribution < 1.29 is 54.1 Å². The topological polar surface area (TPSA) is 196 Å². The fourth-order valence-corrected chi connectivity index (χ4v) is 9.49. The number of esters is 2. The second-order valence-corrected chi connectivity index (χ2v) is 12.4. The molecule has 208 valence electrons. The monoisotopic (exact) mass is 535 g/mol. The molecule has 1 aromatic rings. The van der Waals surface area contributed by atoms with Crippen LogP contribution in [0.2, 0.25) is 0 Å². The summed E-state index contributed by atoms with van der Waals surface area (Å²) >= 11 is 0. The Morgan fingerprint density at radius 1 is 1.13 bits per heavy atom. The van der Waals surface area contributed by atoms with Crippen molar-refractivity contribution in [2.45, 2.75) is 99.9 Å². The number of ketones is 1. The number of carbonyl (C=O) groups excluding carboxylic acids is 3. The molecule has 10 atom stereocenters. The Morgan fingerprint density at radius 2 is 1.79 bits per heavy atom. The summed E-state index contributed by atoms with van der Waals surface area (Å²) in [7, 11) is 0. The largest absolute Gasteiger partial charge is 0.451 e. The van der Waals surface area contributed by atoms with Crippen molar-refractivity contribution in [2.75, 3.05) is 0 Å². The van der Waals surface area contributed by atoms with E-state index in [4.69, 9.17) is 14.2 Å². The maximum atomic E-state index is 13.3. The maximum absolute atomic E-state index is 13.3. The number of aromatic nitrogens is 1. The highest BCUT2D eigenvalue weighted by molar-refractivity contribution is 5.90. The van der Waals surface area contributed by atoms with Crippen molar-refractivity contribution in [3.8, 4) is 0 Å². The molecular formula is C26H33NO11. The zero-order valence-corrected chi connectivity index (χ0v) is 21.8. The third-order valence-electron chi connectivity index (χ3n) is 11.1.